The Bertz CT molecular complexity index is 1010. The number of carbonyl (C=O) groups excluding carboxylic acids is 2. The van der Waals surface area contributed by atoms with E-state index >= 15 is 0 Å². The molecule has 7 heteroatoms. The zero-order valence-electron chi connectivity index (χ0n) is 21.7. The van der Waals surface area contributed by atoms with E-state index in [-0.39, 0.29) is 30.1 Å². The van der Waals surface area contributed by atoms with E-state index in [1.807, 2.05) is 24.3 Å². The molecule has 6 nitrogen and oxygen atoms in total. The van der Waals surface area contributed by atoms with Crippen LogP contribution in [0.2, 0.25) is 0 Å². The molecule has 2 aromatic carbocycles. The van der Waals surface area contributed by atoms with Crippen LogP contribution in [-0.2, 0) is 25.6 Å². The maximum atomic E-state index is 12.6. The van der Waals surface area contributed by atoms with Gasteiger partial charge in [0.15, 0.2) is 0 Å². The molecule has 1 aliphatic rings. The number of nitrogens with one attached hydrogen (secondary N) is 2. The second kappa shape index (κ2) is 14.2. The Morgan fingerprint density at radius 1 is 1.00 bits per heavy atom. The molecule has 2 aromatic rings. The summed E-state index contributed by atoms with van der Waals surface area (Å²) in [6.45, 7) is 8.39. The van der Waals surface area contributed by atoms with Crippen molar-refractivity contribution >= 4 is 23.6 Å². The van der Waals surface area contributed by atoms with Crippen LogP contribution in [0.3, 0.4) is 0 Å². The highest BCUT2D eigenvalue weighted by Crippen LogP contribution is 2.28. The van der Waals surface area contributed by atoms with Crippen LogP contribution in [0.4, 0.5) is 0 Å². The quantitative estimate of drug-likeness (QED) is 0.379. The Balaban J connectivity index is 1.75. The first-order valence-corrected chi connectivity index (χ1v) is 13.6. The molecule has 0 fully saturated rings. The van der Waals surface area contributed by atoms with Crippen LogP contribution in [0.15, 0.2) is 76.0 Å². The maximum absolute atomic E-state index is 12.6. The van der Waals surface area contributed by atoms with Crippen molar-refractivity contribution in [1.82, 2.24) is 10.6 Å². The van der Waals surface area contributed by atoms with Crippen molar-refractivity contribution in [1.29, 1.82) is 0 Å². The third-order valence-corrected chi connectivity index (χ3v) is 7.25. The molecule has 0 saturated carbocycles. The summed E-state index contributed by atoms with van der Waals surface area (Å²) >= 11 is 1.72. The first-order chi connectivity index (χ1) is 17.4. The first kappa shape index (κ1) is 28.0. The van der Waals surface area contributed by atoms with Crippen molar-refractivity contribution in [2.24, 2.45) is 0 Å². The fraction of sp³-hybridized carbons (Fsp3) is 0.448. The lowest BCUT2D eigenvalue weighted by Crippen LogP contribution is -2.58. The average Bonchev–Trinajstić information content (AvgIpc) is 2.88. The third-order valence-electron chi connectivity index (χ3n) is 6.23. The molecule has 0 spiro atoms. The lowest BCUT2D eigenvalue weighted by atomic mass is 9.87. The molecule has 2 N–H and O–H groups in total. The Morgan fingerprint density at radius 3 is 2.28 bits per heavy atom. The second-order valence-corrected chi connectivity index (χ2v) is 10.1. The lowest BCUT2D eigenvalue weighted by molar-refractivity contribution is -0.139. The molecule has 0 bridgehead atoms. The van der Waals surface area contributed by atoms with Gasteiger partial charge in [0.1, 0.15) is 0 Å². The minimum absolute atomic E-state index is 0.0411. The van der Waals surface area contributed by atoms with Crippen molar-refractivity contribution in [3.05, 3.63) is 71.8 Å². The van der Waals surface area contributed by atoms with Crippen LogP contribution < -0.4 is 10.6 Å². The number of rotatable bonds is 12. The van der Waals surface area contributed by atoms with Crippen molar-refractivity contribution in [3.63, 3.8) is 0 Å². The smallest absolute Gasteiger partial charge is 0.333 e. The standard InChI is InChI=1S/C29H38N2O4S/c1-5-23(6-2)35-27-18-22(29(33)34-7-3)17-26(28(27)31-20(4)32)30-19-21-13-15-25(16-14-21)36-24-11-9-8-10-12-24/h8-16,18,23,26-28,30H,5-7,17,19H2,1-4H3,(H,31,32)/t26-,27+,28+/m0/s1. The van der Waals surface area contributed by atoms with E-state index in [0.29, 0.717) is 25.1 Å². The molecular weight excluding hydrogens is 472 g/mol. The second-order valence-electron chi connectivity index (χ2n) is 8.93. The molecule has 3 atom stereocenters. The number of hydrogen-bond acceptors (Lipinski definition) is 6. The number of esters is 1. The third kappa shape index (κ3) is 8.22. The summed E-state index contributed by atoms with van der Waals surface area (Å²) in [5.41, 5.74) is 1.71. The zero-order chi connectivity index (χ0) is 25.9. The number of benzene rings is 2. The molecule has 0 heterocycles. The number of hydrogen-bond donors (Lipinski definition) is 2. The van der Waals surface area contributed by atoms with Crippen LogP contribution in [-0.4, -0.2) is 42.8 Å². The molecule has 194 valence electrons. The van der Waals surface area contributed by atoms with E-state index < -0.39 is 6.10 Å². The summed E-state index contributed by atoms with van der Waals surface area (Å²) in [6.07, 6.45) is 3.62. The normalized spacial score (nSPS) is 19.6. The van der Waals surface area contributed by atoms with Gasteiger partial charge in [0.25, 0.3) is 0 Å². The van der Waals surface area contributed by atoms with Crippen LogP contribution in [0.25, 0.3) is 0 Å². The van der Waals surface area contributed by atoms with Crippen LogP contribution >= 0.6 is 11.8 Å². The first-order valence-electron chi connectivity index (χ1n) is 12.8. The highest BCUT2D eigenvalue weighted by atomic mass is 32.2. The van der Waals surface area contributed by atoms with Gasteiger partial charge in [0.05, 0.1) is 24.9 Å². The summed E-state index contributed by atoms with van der Waals surface area (Å²) in [5.74, 6) is -0.453. The van der Waals surface area contributed by atoms with Gasteiger partial charge >= 0.3 is 5.97 Å². The molecule has 0 aromatic heterocycles. The minimum atomic E-state index is -0.422. The van der Waals surface area contributed by atoms with Gasteiger partial charge in [-0.1, -0.05) is 55.9 Å². The van der Waals surface area contributed by atoms with Crippen molar-refractivity contribution in [2.75, 3.05) is 6.61 Å². The van der Waals surface area contributed by atoms with Gasteiger partial charge in [-0.25, -0.2) is 4.79 Å². The SMILES string of the molecule is CCOC(=O)C1=C[C@@H](OC(CC)CC)[C@H](NC(C)=O)[C@@H](NCc2ccc(Sc3ccccc3)cc2)C1. The van der Waals surface area contributed by atoms with Gasteiger partial charge in [0.2, 0.25) is 5.91 Å². The molecule has 0 aliphatic heterocycles. The van der Waals surface area contributed by atoms with Crippen molar-refractivity contribution < 1.29 is 19.1 Å². The summed E-state index contributed by atoms with van der Waals surface area (Å²) in [5, 5.41) is 6.65. The molecule has 0 saturated heterocycles. The van der Waals surface area contributed by atoms with Gasteiger partial charge < -0.3 is 20.1 Å². The van der Waals surface area contributed by atoms with Gasteiger partial charge in [-0.05, 0) is 62.1 Å². The van der Waals surface area contributed by atoms with E-state index in [2.05, 4.69) is 60.9 Å². The van der Waals surface area contributed by atoms with E-state index in [9.17, 15) is 9.59 Å². The van der Waals surface area contributed by atoms with Crippen LogP contribution in [0.5, 0.6) is 0 Å². The van der Waals surface area contributed by atoms with Crippen molar-refractivity contribution in [2.45, 2.75) is 87.6 Å². The van der Waals surface area contributed by atoms with E-state index in [1.54, 1.807) is 18.7 Å². The fourth-order valence-electron chi connectivity index (χ4n) is 4.33. The van der Waals surface area contributed by atoms with Crippen LogP contribution in [0.1, 0.15) is 52.5 Å². The van der Waals surface area contributed by atoms with E-state index in [4.69, 9.17) is 9.47 Å². The Kier molecular flexibility index (Phi) is 11.0. The molecule has 0 unspecified atom stereocenters. The molecule has 1 aliphatic carbocycles. The average molecular weight is 511 g/mol. The number of ether oxygens (including phenoxy) is 2. The highest BCUT2D eigenvalue weighted by molar-refractivity contribution is 7.99. The fourth-order valence-corrected chi connectivity index (χ4v) is 5.17. The van der Waals surface area contributed by atoms with Crippen LogP contribution in [0, 0.1) is 0 Å². The molecule has 3 rings (SSSR count). The van der Waals surface area contributed by atoms with E-state index in [0.717, 1.165) is 18.4 Å². The monoisotopic (exact) mass is 510 g/mol. The Hall–Kier alpha value is -2.61. The number of amides is 1. The van der Waals surface area contributed by atoms with Gasteiger partial charge in [-0.3, -0.25) is 4.79 Å². The summed E-state index contributed by atoms with van der Waals surface area (Å²) < 4.78 is 11.7. The lowest BCUT2D eigenvalue weighted by Gasteiger charge is -2.39. The van der Waals surface area contributed by atoms with Gasteiger partial charge in [-0.15, -0.1) is 0 Å². The molecular formula is C29H38N2O4S. The van der Waals surface area contributed by atoms with Gasteiger partial charge in [-0.2, -0.15) is 0 Å². The predicted octanol–water partition coefficient (Wildman–Crippen LogP) is 5.27. The summed E-state index contributed by atoms with van der Waals surface area (Å²) in [6, 6.07) is 18.2. The van der Waals surface area contributed by atoms with E-state index in [1.165, 1.54) is 16.7 Å². The zero-order valence-corrected chi connectivity index (χ0v) is 22.5. The maximum Gasteiger partial charge on any atom is 0.333 e. The molecule has 36 heavy (non-hydrogen) atoms. The van der Waals surface area contributed by atoms with Crippen molar-refractivity contribution in [3.8, 4) is 0 Å². The Labute approximate surface area is 219 Å². The summed E-state index contributed by atoms with van der Waals surface area (Å²) in [4.78, 5) is 27.1. The highest BCUT2D eigenvalue weighted by Gasteiger charge is 2.37. The largest absolute Gasteiger partial charge is 0.463 e. The minimum Gasteiger partial charge on any atom is -0.463 e. The van der Waals surface area contributed by atoms with Gasteiger partial charge in [0, 0.05) is 34.9 Å². The predicted molar refractivity (Wildman–Crippen MR) is 144 cm³/mol. The molecule has 0 radical (unpaired) electrons. The molecule has 1 amide bonds. The Morgan fingerprint density at radius 2 is 1.67 bits per heavy atom. The number of carbonyl (C=O) groups is 2. The summed E-state index contributed by atoms with van der Waals surface area (Å²) in [7, 11) is 0. The topological polar surface area (TPSA) is 76.7 Å².